The molecule has 0 unspecified atom stereocenters. The molecular weight excluding hydrogens is 406 g/mol. The first-order chi connectivity index (χ1) is 13.0. The van der Waals surface area contributed by atoms with E-state index in [0.29, 0.717) is 23.4 Å². The van der Waals surface area contributed by atoms with Gasteiger partial charge >= 0.3 is 0 Å². The maximum atomic E-state index is 13.2. The number of nitrogens with zero attached hydrogens (tertiary/aromatic N) is 4. The first-order valence-electron chi connectivity index (χ1n) is 8.35. The fraction of sp³-hybridized carbons (Fsp3) is 0.235. The van der Waals surface area contributed by atoms with E-state index < -0.39 is 16.1 Å². The molecule has 27 heavy (non-hydrogen) atoms. The van der Waals surface area contributed by atoms with Crippen LogP contribution in [0.15, 0.2) is 46.9 Å². The molecule has 4 rings (SSSR count). The smallest absolute Gasteiger partial charge is 0.244 e. The van der Waals surface area contributed by atoms with Crippen molar-refractivity contribution in [3.8, 4) is 0 Å². The Kier molecular flexibility index (Phi) is 4.85. The lowest BCUT2D eigenvalue weighted by atomic mass is 10.2. The van der Waals surface area contributed by atoms with Crippen LogP contribution in [-0.2, 0) is 10.0 Å². The molecule has 1 atom stereocenters. The highest BCUT2D eigenvalue weighted by Crippen LogP contribution is 2.32. The van der Waals surface area contributed by atoms with Crippen LogP contribution in [-0.4, -0.2) is 28.0 Å². The minimum Gasteiger partial charge on any atom is -0.285 e. The number of aromatic nitrogens is 4. The van der Waals surface area contributed by atoms with E-state index in [4.69, 9.17) is 11.6 Å². The van der Waals surface area contributed by atoms with Crippen molar-refractivity contribution in [3.05, 3.63) is 52.9 Å². The summed E-state index contributed by atoms with van der Waals surface area (Å²) in [5, 5.41) is 8.47. The van der Waals surface area contributed by atoms with Crippen molar-refractivity contribution in [1.82, 2.24) is 24.3 Å². The van der Waals surface area contributed by atoms with Gasteiger partial charge in [0.15, 0.2) is 11.5 Å². The van der Waals surface area contributed by atoms with Crippen LogP contribution < -0.4 is 4.72 Å². The number of rotatable bonds is 6. The van der Waals surface area contributed by atoms with Crippen LogP contribution in [0, 0.1) is 0 Å². The maximum absolute atomic E-state index is 13.2. The first kappa shape index (κ1) is 18.3. The van der Waals surface area contributed by atoms with Crippen LogP contribution in [0.25, 0.3) is 15.9 Å². The molecule has 3 aromatic heterocycles. The highest BCUT2D eigenvalue weighted by Gasteiger charge is 2.28. The summed E-state index contributed by atoms with van der Waals surface area (Å²) in [6.07, 6.45) is 3.15. The lowest BCUT2D eigenvalue weighted by Gasteiger charge is -2.17. The molecule has 0 saturated carbocycles. The summed E-state index contributed by atoms with van der Waals surface area (Å²) < 4.78 is 31.7. The predicted molar refractivity (Wildman–Crippen MR) is 106 cm³/mol. The molecule has 0 spiro atoms. The summed E-state index contributed by atoms with van der Waals surface area (Å²) in [6, 6.07) is 8.34. The third-order valence-corrected chi connectivity index (χ3v) is 6.97. The van der Waals surface area contributed by atoms with Gasteiger partial charge in [0.2, 0.25) is 10.0 Å². The zero-order valence-electron chi connectivity index (χ0n) is 14.3. The van der Waals surface area contributed by atoms with Gasteiger partial charge in [0.1, 0.15) is 10.4 Å². The topological polar surface area (TPSA) is 89.2 Å². The number of hydrogen-bond acceptors (Lipinski definition) is 6. The molecule has 3 heterocycles. The van der Waals surface area contributed by atoms with Gasteiger partial charge in [-0.15, -0.1) is 21.5 Å². The van der Waals surface area contributed by atoms with Crippen molar-refractivity contribution < 1.29 is 8.42 Å². The summed E-state index contributed by atoms with van der Waals surface area (Å²) in [5.74, 6) is 0.539. The quantitative estimate of drug-likeness (QED) is 0.511. The Balaban J connectivity index is 1.79. The van der Waals surface area contributed by atoms with Gasteiger partial charge in [-0.2, -0.15) is 0 Å². The van der Waals surface area contributed by atoms with E-state index in [1.165, 1.54) is 11.3 Å². The van der Waals surface area contributed by atoms with E-state index >= 15 is 0 Å². The van der Waals surface area contributed by atoms with Gasteiger partial charge in [0.05, 0.1) is 21.3 Å². The van der Waals surface area contributed by atoms with Crippen molar-refractivity contribution in [2.45, 2.75) is 30.7 Å². The molecule has 0 aliphatic heterocycles. The highest BCUT2D eigenvalue weighted by molar-refractivity contribution is 7.89. The number of benzene rings is 1. The van der Waals surface area contributed by atoms with Crippen LogP contribution in [0.5, 0.6) is 0 Å². The Labute approximate surface area is 165 Å². The van der Waals surface area contributed by atoms with Crippen molar-refractivity contribution in [2.75, 3.05) is 0 Å². The third kappa shape index (κ3) is 3.31. The lowest BCUT2D eigenvalue weighted by Crippen LogP contribution is -2.30. The molecule has 0 fully saturated rings. The number of nitrogens with one attached hydrogen (secondary N) is 1. The largest absolute Gasteiger partial charge is 0.285 e. The number of thiazole rings is 1. The third-order valence-electron chi connectivity index (χ3n) is 4.20. The molecule has 0 amide bonds. The average molecular weight is 422 g/mol. The molecule has 0 bridgehead atoms. The predicted octanol–water partition coefficient (Wildman–Crippen LogP) is 3.81. The van der Waals surface area contributed by atoms with Crippen molar-refractivity contribution in [2.24, 2.45) is 0 Å². The Morgan fingerprint density at radius 3 is 2.93 bits per heavy atom. The van der Waals surface area contributed by atoms with E-state index in [1.54, 1.807) is 22.0 Å². The molecule has 4 aromatic rings. The second kappa shape index (κ2) is 7.16. The minimum absolute atomic E-state index is 0.00200. The molecule has 10 heteroatoms. The summed E-state index contributed by atoms with van der Waals surface area (Å²) in [7, 11) is -3.92. The van der Waals surface area contributed by atoms with Gasteiger partial charge in [0, 0.05) is 6.20 Å². The number of halogens is 1. The minimum atomic E-state index is -3.92. The van der Waals surface area contributed by atoms with Crippen LogP contribution in [0.3, 0.4) is 0 Å². The molecule has 7 nitrogen and oxygen atoms in total. The Morgan fingerprint density at radius 2 is 2.11 bits per heavy atom. The molecule has 0 saturated heterocycles. The van der Waals surface area contributed by atoms with Gasteiger partial charge in [-0.25, -0.2) is 18.1 Å². The van der Waals surface area contributed by atoms with Crippen molar-refractivity contribution >= 4 is 48.8 Å². The second-order valence-corrected chi connectivity index (χ2v) is 8.97. The number of pyridine rings is 1. The molecule has 0 radical (unpaired) electrons. The molecular formula is C17H16ClN5O2S2. The van der Waals surface area contributed by atoms with E-state index in [0.717, 1.165) is 11.1 Å². The normalized spacial score (nSPS) is 13.4. The van der Waals surface area contributed by atoms with Crippen molar-refractivity contribution in [1.29, 1.82) is 0 Å². The SMILES string of the molecule is CCC[C@H](NS(=O)(=O)c1c(Cl)ccc2scnc12)c1nnc2ccccn12. The van der Waals surface area contributed by atoms with Crippen molar-refractivity contribution in [3.63, 3.8) is 0 Å². The highest BCUT2D eigenvalue weighted by atomic mass is 35.5. The fourth-order valence-electron chi connectivity index (χ4n) is 3.01. The molecule has 1 N–H and O–H groups in total. The van der Waals surface area contributed by atoms with Crippen LogP contribution in [0.4, 0.5) is 0 Å². The van der Waals surface area contributed by atoms with Gasteiger partial charge in [-0.05, 0) is 30.7 Å². The van der Waals surface area contributed by atoms with Gasteiger partial charge in [-0.3, -0.25) is 4.40 Å². The van der Waals surface area contributed by atoms with Gasteiger partial charge in [0.25, 0.3) is 0 Å². The molecule has 1 aromatic carbocycles. The number of sulfonamides is 1. The van der Waals surface area contributed by atoms with E-state index in [-0.39, 0.29) is 9.92 Å². The molecule has 0 aliphatic carbocycles. The zero-order chi connectivity index (χ0) is 19.0. The van der Waals surface area contributed by atoms with Crippen LogP contribution >= 0.6 is 22.9 Å². The summed E-state index contributed by atoms with van der Waals surface area (Å²) in [4.78, 5) is 4.19. The Bertz CT molecular complexity index is 1220. The Hall–Kier alpha value is -2.07. The average Bonchev–Trinajstić information content (AvgIpc) is 3.27. The van der Waals surface area contributed by atoms with Gasteiger partial charge < -0.3 is 0 Å². The van der Waals surface area contributed by atoms with Crippen LogP contribution in [0.2, 0.25) is 5.02 Å². The van der Waals surface area contributed by atoms with Gasteiger partial charge in [-0.1, -0.05) is 31.0 Å². The van der Waals surface area contributed by atoms with E-state index in [9.17, 15) is 8.42 Å². The molecule has 140 valence electrons. The number of hydrogen-bond donors (Lipinski definition) is 1. The van der Waals surface area contributed by atoms with E-state index in [1.807, 2.05) is 31.3 Å². The second-order valence-electron chi connectivity index (χ2n) is 6.03. The standard InChI is InChI=1S/C17H16ClN5O2S2/c1-2-5-12(17-21-20-14-6-3-4-9-23(14)17)22-27(24,25)16-11(18)7-8-13-15(16)19-10-26-13/h3-4,6-10,12,22H,2,5H2,1H3/t12-/m0/s1. The first-order valence-corrected chi connectivity index (χ1v) is 11.1. The zero-order valence-corrected chi connectivity index (χ0v) is 16.7. The van der Waals surface area contributed by atoms with Crippen LogP contribution in [0.1, 0.15) is 31.6 Å². The summed E-state index contributed by atoms with van der Waals surface area (Å²) >= 11 is 7.60. The fourth-order valence-corrected chi connectivity index (χ4v) is 5.67. The summed E-state index contributed by atoms with van der Waals surface area (Å²) in [6.45, 7) is 1.98. The van der Waals surface area contributed by atoms with E-state index in [2.05, 4.69) is 19.9 Å². The number of fused-ring (bicyclic) bond motifs is 2. The monoisotopic (exact) mass is 421 g/mol. The summed E-state index contributed by atoms with van der Waals surface area (Å²) in [5.41, 5.74) is 2.64. The maximum Gasteiger partial charge on any atom is 0.244 e. The Morgan fingerprint density at radius 1 is 1.26 bits per heavy atom. The lowest BCUT2D eigenvalue weighted by molar-refractivity contribution is 0.517. The molecule has 0 aliphatic rings.